The Balaban J connectivity index is 2.00. The van der Waals surface area contributed by atoms with Crippen molar-refractivity contribution in [1.29, 1.82) is 0 Å². The van der Waals surface area contributed by atoms with Gasteiger partial charge in [0.25, 0.3) is 0 Å². The molecule has 7 heteroatoms. The number of hydrogen-bond acceptors (Lipinski definition) is 5. The van der Waals surface area contributed by atoms with E-state index in [1.54, 1.807) is 37.5 Å². The largest absolute Gasteiger partial charge is 0.493 e. The number of hydrogen-bond donors (Lipinski definition) is 1. The fraction of sp³-hybridized carbons (Fsp3) is 0.471. The Labute approximate surface area is 142 Å². The van der Waals surface area contributed by atoms with Gasteiger partial charge in [0.05, 0.1) is 45.6 Å². The summed E-state index contributed by atoms with van der Waals surface area (Å²) in [7, 11) is 3.16. The molecule has 0 unspecified atom stereocenters. The minimum atomic E-state index is -0.0481. The van der Waals surface area contributed by atoms with E-state index in [9.17, 15) is 4.79 Å². The van der Waals surface area contributed by atoms with E-state index in [4.69, 9.17) is 9.47 Å². The van der Waals surface area contributed by atoms with Gasteiger partial charge in [-0.2, -0.15) is 15.0 Å². The Bertz CT molecular complexity index is 656. The van der Waals surface area contributed by atoms with Crippen LogP contribution in [0.25, 0.3) is 0 Å². The predicted octanol–water partition coefficient (Wildman–Crippen LogP) is 1.68. The number of carbonyl (C=O) groups is 1. The highest BCUT2D eigenvalue weighted by molar-refractivity contribution is 5.79. The Hall–Kier alpha value is -2.57. The van der Waals surface area contributed by atoms with Crippen LogP contribution in [0.2, 0.25) is 0 Å². The van der Waals surface area contributed by atoms with Crippen LogP contribution in [0.1, 0.15) is 19.4 Å². The van der Waals surface area contributed by atoms with Gasteiger partial charge in [0.15, 0.2) is 11.5 Å². The second-order valence-corrected chi connectivity index (χ2v) is 5.87. The zero-order valence-electron chi connectivity index (χ0n) is 14.5. The maximum absolute atomic E-state index is 12.4. The van der Waals surface area contributed by atoms with E-state index in [2.05, 4.69) is 29.4 Å². The van der Waals surface area contributed by atoms with Crippen LogP contribution >= 0.6 is 0 Å². The second kappa shape index (κ2) is 8.33. The first-order valence-electron chi connectivity index (χ1n) is 7.87. The molecule has 2 rings (SSSR count). The van der Waals surface area contributed by atoms with Crippen LogP contribution < -0.4 is 14.8 Å². The zero-order valence-corrected chi connectivity index (χ0v) is 14.5. The lowest BCUT2D eigenvalue weighted by molar-refractivity contribution is -0.121. The van der Waals surface area contributed by atoms with Gasteiger partial charge in [-0.1, -0.05) is 19.9 Å². The number of carbonyl (C=O) groups excluding carboxylic acids is 1. The van der Waals surface area contributed by atoms with E-state index in [0.29, 0.717) is 18.0 Å². The molecule has 1 aromatic carbocycles. The smallest absolute Gasteiger partial charge is 0.224 e. The van der Waals surface area contributed by atoms with Gasteiger partial charge in [0.2, 0.25) is 5.91 Å². The number of ether oxygens (including phenoxy) is 2. The first-order valence-corrected chi connectivity index (χ1v) is 7.87. The molecule has 0 aliphatic heterocycles. The van der Waals surface area contributed by atoms with Crippen molar-refractivity contribution in [3.63, 3.8) is 0 Å². The van der Waals surface area contributed by atoms with E-state index in [1.165, 1.54) is 0 Å². The topological polar surface area (TPSA) is 78.3 Å². The fourth-order valence-electron chi connectivity index (χ4n) is 2.37. The minimum absolute atomic E-state index is 0.0370. The zero-order chi connectivity index (χ0) is 17.5. The maximum Gasteiger partial charge on any atom is 0.224 e. The van der Waals surface area contributed by atoms with Crippen molar-refractivity contribution in [2.24, 2.45) is 5.92 Å². The molecule has 130 valence electrons. The van der Waals surface area contributed by atoms with Crippen LogP contribution in [0.4, 0.5) is 0 Å². The van der Waals surface area contributed by atoms with E-state index < -0.39 is 0 Å². The molecule has 2 aromatic rings. The molecule has 0 spiro atoms. The molecule has 0 aliphatic carbocycles. The lowest BCUT2D eigenvalue weighted by atomic mass is 10.0. The summed E-state index contributed by atoms with van der Waals surface area (Å²) >= 11 is 0. The Morgan fingerprint density at radius 3 is 2.42 bits per heavy atom. The Kier molecular flexibility index (Phi) is 6.17. The summed E-state index contributed by atoms with van der Waals surface area (Å²) in [6, 6.07) is 5.44. The summed E-state index contributed by atoms with van der Waals surface area (Å²) in [5, 5.41) is 11.2. The Morgan fingerprint density at radius 2 is 1.83 bits per heavy atom. The highest BCUT2D eigenvalue weighted by Crippen LogP contribution is 2.27. The number of methoxy groups -OCH3 is 2. The van der Waals surface area contributed by atoms with Crippen LogP contribution in [0.5, 0.6) is 11.5 Å². The highest BCUT2D eigenvalue weighted by Gasteiger charge is 2.18. The molecule has 1 atom stereocenters. The number of benzene rings is 1. The third kappa shape index (κ3) is 4.71. The summed E-state index contributed by atoms with van der Waals surface area (Å²) in [4.78, 5) is 14.0. The molecule has 0 saturated carbocycles. The van der Waals surface area contributed by atoms with E-state index in [-0.39, 0.29) is 24.3 Å². The van der Waals surface area contributed by atoms with Crippen LogP contribution in [0, 0.1) is 5.92 Å². The van der Waals surface area contributed by atoms with Gasteiger partial charge in [-0.05, 0) is 23.6 Å². The van der Waals surface area contributed by atoms with E-state index in [1.807, 2.05) is 12.1 Å². The summed E-state index contributed by atoms with van der Waals surface area (Å²) in [6.07, 6.45) is 3.53. The van der Waals surface area contributed by atoms with Gasteiger partial charge in [-0.25, -0.2) is 0 Å². The molecule has 0 saturated heterocycles. The molecular formula is C17H24N4O3. The summed E-state index contributed by atoms with van der Waals surface area (Å²) in [5.41, 5.74) is 0.866. The molecule has 1 N–H and O–H groups in total. The van der Waals surface area contributed by atoms with Crippen molar-refractivity contribution in [3.05, 3.63) is 36.2 Å². The van der Waals surface area contributed by atoms with Gasteiger partial charge < -0.3 is 14.8 Å². The molecule has 24 heavy (non-hydrogen) atoms. The third-order valence-electron chi connectivity index (χ3n) is 3.79. The van der Waals surface area contributed by atoms with Crippen molar-refractivity contribution in [2.45, 2.75) is 32.9 Å². The number of amides is 1. The third-order valence-corrected chi connectivity index (χ3v) is 3.79. The number of nitrogens with one attached hydrogen (secondary N) is 1. The quantitative estimate of drug-likeness (QED) is 0.796. The predicted molar refractivity (Wildman–Crippen MR) is 90.0 cm³/mol. The fourth-order valence-corrected chi connectivity index (χ4v) is 2.37. The van der Waals surface area contributed by atoms with Crippen LogP contribution in [0.15, 0.2) is 30.6 Å². The van der Waals surface area contributed by atoms with Gasteiger partial charge in [-0.15, -0.1) is 0 Å². The van der Waals surface area contributed by atoms with Gasteiger partial charge >= 0.3 is 0 Å². The minimum Gasteiger partial charge on any atom is -0.493 e. The average molecular weight is 332 g/mol. The first-order chi connectivity index (χ1) is 11.5. The molecule has 0 aliphatic rings. The molecule has 0 bridgehead atoms. The molecule has 1 heterocycles. The summed E-state index contributed by atoms with van der Waals surface area (Å²) in [5.74, 6) is 1.48. The van der Waals surface area contributed by atoms with Crippen molar-refractivity contribution in [3.8, 4) is 11.5 Å². The second-order valence-electron chi connectivity index (χ2n) is 5.87. The molecule has 1 amide bonds. The molecule has 0 fully saturated rings. The normalized spacial score (nSPS) is 12.0. The van der Waals surface area contributed by atoms with Crippen molar-refractivity contribution in [2.75, 3.05) is 14.2 Å². The van der Waals surface area contributed by atoms with Gasteiger partial charge in [0, 0.05) is 0 Å². The van der Waals surface area contributed by atoms with Crippen LogP contribution in [-0.2, 0) is 17.8 Å². The van der Waals surface area contributed by atoms with Crippen LogP contribution in [0.3, 0.4) is 0 Å². The maximum atomic E-state index is 12.4. The molecular weight excluding hydrogens is 308 g/mol. The van der Waals surface area contributed by atoms with Crippen molar-refractivity contribution < 1.29 is 14.3 Å². The highest BCUT2D eigenvalue weighted by atomic mass is 16.5. The average Bonchev–Trinajstić information content (AvgIpc) is 3.07. The standard InChI is InChI=1S/C17H24N4O3/c1-12(2)14(11-21-18-7-8-19-21)20-17(22)10-13-5-6-15(23-3)16(9-13)24-4/h5-9,12,14H,10-11H2,1-4H3,(H,20,22)/t14-/m1/s1. The molecule has 0 radical (unpaired) electrons. The summed E-state index contributed by atoms with van der Waals surface area (Å²) < 4.78 is 10.5. The number of nitrogens with zero attached hydrogens (tertiary/aromatic N) is 3. The van der Waals surface area contributed by atoms with E-state index in [0.717, 1.165) is 5.56 Å². The lowest BCUT2D eigenvalue weighted by Gasteiger charge is -2.22. The summed E-state index contributed by atoms with van der Waals surface area (Å²) in [6.45, 7) is 4.66. The van der Waals surface area contributed by atoms with Crippen molar-refractivity contribution >= 4 is 5.91 Å². The van der Waals surface area contributed by atoms with Gasteiger partial charge in [-0.3, -0.25) is 4.79 Å². The number of aromatic nitrogens is 3. The van der Waals surface area contributed by atoms with Gasteiger partial charge in [0.1, 0.15) is 0 Å². The number of rotatable bonds is 8. The Morgan fingerprint density at radius 1 is 1.17 bits per heavy atom. The molecule has 7 nitrogen and oxygen atoms in total. The molecule has 1 aromatic heterocycles. The van der Waals surface area contributed by atoms with Crippen LogP contribution in [-0.4, -0.2) is 41.2 Å². The van der Waals surface area contributed by atoms with Crippen molar-refractivity contribution in [1.82, 2.24) is 20.3 Å². The van der Waals surface area contributed by atoms with E-state index >= 15 is 0 Å². The SMILES string of the molecule is COc1ccc(CC(=O)N[C@H](Cn2nccn2)C(C)C)cc1OC. The lowest BCUT2D eigenvalue weighted by Crippen LogP contribution is -2.42. The first kappa shape index (κ1) is 17.8. The monoisotopic (exact) mass is 332 g/mol.